The second-order valence-corrected chi connectivity index (χ2v) is 8.50. The Morgan fingerprint density at radius 2 is 2.14 bits per heavy atom. The molecule has 0 unspecified atom stereocenters. The molecule has 140 valence electrons. The smallest absolute Gasteiger partial charge is 0.236 e. The standard InChI is InChI=1S/C18H14N6OS3/c1-11-16(28-17(21-11)12-3-2-6-19-9-12)13-4-5-15(24-23-13)27-10-14(25)22-18-20-7-8-26-18/h2-9H,10H2,1H3,(H,20,22,25). The van der Waals surface area contributed by atoms with Crippen LogP contribution >= 0.6 is 34.4 Å². The van der Waals surface area contributed by atoms with Crippen LogP contribution in [0.5, 0.6) is 0 Å². The van der Waals surface area contributed by atoms with E-state index in [4.69, 9.17) is 0 Å². The molecular formula is C18H14N6OS3. The first-order chi connectivity index (χ1) is 13.7. The average Bonchev–Trinajstić information content (AvgIpc) is 3.37. The molecule has 0 bridgehead atoms. The number of carbonyl (C=O) groups excluding carboxylic acids is 1. The number of aromatic nitrogens is 5. The van der Waals surface area contributed by atoms with Gasteiger partial charge in [-0.25, -0.2) is 9.97 Å². The summed E-state index contributed by atoms with van der Waals surface area (Å²) in [6.07, 6.45) is 5.19. The highest BCUT2D eigenvalue weighted by Gasteiger charge is 2.13. The van der Waals surface area contributed by atoms with Gasteiger partial charge in [0.15, 0.2) is 5.13 Å². The number of nitrogens with one attached hydrogen (secondary N) is 1. The molecule has 0 aromatic carbocycles. The van der Waals surface area contributed by atoms with Crippen LogP contribution in [0.1, 0.15) is 5.69 Å². The van der Waals surface area contributed by atoms with Gasteiger partial charge < -0.3 is 5.32 Å². The molecule has 10 heteroatoms. The normalized spacial score (nSPS) is 10.8. The van der Waals surface area contributed by atoms with Gasteiger partial charge in [-0.2, -0.15) is 0 Å². The summed E-state index contributed by atoms with van der Waals surface area (Å²) in [6.45, 7) is 1.96. The van der Waals surface area contributed by atoms with Crippen molar-refractivity contribution in [1.29, 1.82) is 0 Å². The maximum absolute atomic E-state index is 11.9. The number of pyridine rings is 1. The maximum Gasteiger partial charge on any atom is 0.236 e. The Hall–Kier alpha value is -2.69. The fraction of sp³-hybridized carbons (Fsp3) is 0.111. The molecule has 7 nitrogen and oxygen atoms in total. The van der Waals surface area contributed by atoms with E-state index in [1.807, 2.05) is 36.6 Å². The van der Waals surface area contributed by atoms with Crippen LogP contribution in [0.2, 0.25) is 0 Å². The third-order valence-corrected chi connectivity index (χ3v) is 6.45. The van der Waals surface area contributed by atoms with Crippen LogP contribution in [0.3, 0.4) is 0 Å². The summed E-state index contributed by atoms with van der Waals surface area (Å²) in [4.78, 5) is 25.7. The van der Waals surface area contributed by atoms with Crippen molar-refractivity contribution in [2.24, 2.45) is 0 Å². The van der Waals surface area contributed by atoms with Crippen LogP contribution in [0.4, 0.5) is 5.13 Å². The van der Waals surface area contributed by atoms with Crippen molar-refractivity contribution in [2.45, 2.75) is 11.9 Å². The molecule has 4 aromatic heterocycles. The Kier molecular flexibility index (Phi) is 5.70. The van der Waals surface area contributed by atoms with Crippen LogP contribution in [-0.4, -0.2) is 36.8 Å². The van der Waals surface area contributed by atoms with Crippen molar-refractivity contribution in [3.63, 3.8) is 0 Å². The van der Waals surface area contributed by atoms with Crippen LogP contribution in [-0.2, 0) is 4.79 Å². The van der Waals surface area contributed by atoms with Crippen LogP contribution in [0, 0.1) is 6.92 Å². The highest BCUT2D eigenvalue weighted by Crippen LogP contribution is 2.34. The van der Waals surface area contributed by atoms with Crippen molar-refractivity contribution >= 4 is 45.5 Å². The Bertz CT molecular complexity index is 1060. The molecule has 0 radical (unpaired) electrons. The Morgan fingerprint density at radius 3 is 2.86 bits per heavy atom. The number of carbonyl (C=O) groups is 1. The minimum atomic E-state index is -0.120. The summed E-state index contributed by atoms with van der Waals surface area (Å²) in [5.41, 5.74) is 2.65. The van der Waals surface area contributed by atoms with Gasteiger partial charge in [-0.05, 0) is 31.2 Å². The Morgan fingerprint density at radius 1 is 1.21 bits per heavy atom. The predicted octanol–water partition coefficient (Wildman–Crippen LogP) is 4.16. The molecule has 1 amide bonds. The quantitative estimate of drug-likeness (QED) is 0.463. The largest absolute Gasteiger partial charge is 0.301 e. The monoisotopic (exact) mass is 426 g/mol. The lowest BCUT2D eigenvalue weighted by molar-refractivity contribution is -0.113. The van der Waals surface area contributed by atoms with E-state index in [1.165, 1.54) is 23.1 Å². The Balaban J connectivity index is 1.42. The zero-order chi connectivity index (χ0) is 19.3. The molecule has 0 saturated carbocycles. The molecule has 28 heavy (non-hydrogen) atoms. The summed E-state index contributed by atoms with van der Waals surface area (Å²) >= 11 is 4.28. The summed E-state index contributed by atoms with van der Waals surface area (Å²) in [7, 11) is 0. The highest BCUT2D eigenvalue weighted by molar-refractivity contribution is 7.99. The first kappa shape index (κ1) is 18.7. The van der Waals surface area contributed by atoms with E-state index in [9.17, 15) is 4.79 Å². The number of thiazole rings is 2. The second-order valence-electron chi connectivity index (χ2n) is 5.61. The van der Waals surface area contributed by atoms with Gasteiger partial charge in [0, 0.05) is 29.5 Å². The molecule has 0 spiro atoms. The zero-order valence-electron chi connectivity index (χ0n) is 14.7. The fourth-order valence-electron chi connectivity index (χ4n) is 2.34. The first-order valence-corrected chi connectivity index (χ1v) is 10.9. The number of thioether (sulfide) groups is 1. The lowest BCUT2D eigenvalue weighted by Crippen LogP contribution is -2.13. The van der Waals surface area contributed by atoms with E-state index < -0.39 is 0 Å². The number of anilines is 1. The summed E-state index contributed by atoms with van der Waals surface area (Å²) in [5, 5.41) is 15.3. The maximum atomic E-state index is 11.9. The third kappa shape index (κ3) is 4.41. The summed E-state index contributed by atoms with van der Waals surface area (Å²) in [5.74, 6) is 0.128. The van der Waals surface area contributed by atoms with Gasteiger partial charge in [0.05, 0.1) is 16.3 Å². The molecule has 4 rings (SSSR count). The molecule has 0 fully saturated rings. The molecule has 1 N–H and O–H groups in total. The molecule has 4 aromatic rings. The third-order valence-electron chi connectivity index (χ3n) is 3.61. The van der Waals surface area contributed by atoms with Gasteiger partial charge >= 0.3 is 0 Å². The van der Waals surface area contributed by atoms with Crippen molar-refractivity contribution in [2.75, 3.05) is 11.1 Å². The number of hydrogen-bond donors (Lipinski definition) is 1. The fourth-order valence-corrected chi connectivity index (χ4v) is 4.53. The van der Waals surface area contributed by atoms with Gasteiger partial charge in [0.25, 0.3) is 0 Å². The van der Waals surface area contributed by atoms with E-state index in [0.717, 1.165) is 26.8 Å². The van der Waals surface area contributed by atoms with Crippen molar-refractivity contribution < 1.29 is 4.79 Å². The highest BCUT2D eigenvalue weighted by atomic mass is 32.2. The second kappa shape index (κ2) is 8.55. The summed E-state index contributed by atoms with van der Waals surface area (Å²) in [6, 6.07) is 7.65. The average molecular weight is 427 g/mol. The van der Waals surface area contributed by atoms with Crippen molar-refractivity contribution in [1.82, 2.24) is 25.1 Å². The molecule has 0 atom stereocenters. The lowest BCUT2D eigenvalue weighted by atomic mass is 10.3. The van der Waals surface area contributed by atoms with Crippen LogP contribution in [0.15, 0.2) is 53.3 Å². The first-order valence-electron chi connectivity index (χ1n) is 8.23. The summed E-state index contributed by atoms with van der Waals surface area (Å²) < 4.78 is 0. The number of rotatable bonds is 6. The van der Waals surface area contributed by atoms with Crippen molar-refractivity contribution in [3.8, 4) is 21.1 Å². The van der Waals surface area contributed by atoms with Gasteiger partial charge in [-0.3, -0.25) is 9.78 Å². The number of nitrogens with zero attached hydrogens (tertiary/aromatic N) is 5. The molecule has 4 heterocycles. The van der Waals surface area contributed by atoms with Crippen LogP contribution in [0.25, 0.3) is 21.1 Å². The van der Waals surface area contributed by atoms with Crippen molar-refractivity contribution in [3.05, 3.63) is 53.9 Å². The van der Waals surface area contributed by atoms with Gasteiger partial charge in [-0.15, -0.1) is 32.9 Å². The molecule has 0 saturated heterocycles. The molecular weight excluding hydrogens is 412 g/mol. The number of aryl methyl sites for hydroxylation is 1. The van der Waals surface area contributed by atoms with E-state index in [2.05, 4.69) is 30.5 Å². The van der Waals surface area contributed by atoms with Crippen LogP contribution < -0.4 is 5.32 Å². The lowest BCUT2D eigenvalue weighted by Gasteiger charge is -2.02. The van der Waals surface area contributed by atoms with E-state index >= 15 is 0 Å². The predicted molar refractivity (Wildman–Crippen MR) is 113 cm³/mol. The van der Waals surface area contributed by atoms with Gasteiger partial charge in [0.1, 0.15) is 15.7 Å². The zero-order valence-corrected chi connectivity index (χ0v) is 17.1. The molecule has 0 aliphatic rings. The Labute approximate surface area is 173 Å². The van der Waals surface area contributed by atoms with E-state index in [0.29, 0.717) is 10.2 Å². The molecule has 0 aliphatic carbocycles. The van der Waals surface area contributed by atoms with Gasteiger partial charge in [0.2, 0.25) is 5.91 Å². The number of hydrogen-bond acceptors (Lipinski definition) is 9. The molecule has 0 aliphatic heterocycles. The van der Waals surface area contributed by atoms with Gasteiger partial charge in [-0.1, -0.05) is 11.8 Å². The van der Waals surface area contributed by atoms with E-state index in [1.54, 1.807) is 29.9 Å². The topological polar surface area (TPSA) is 93.6 Å². The number of amides is 1. The van der Waals surface area contributed by atoms with E-state index in [-0.39, 0.29) is 11.7 Å². The minimum absolute atomic E-state index is 0.120. The minimum Gasteiger partial charge on any atom is -0.301 e. The SMILES string of the molecule is Cc1nc(-c2cccnc2)sc1-c1ccc(SCC(=O)Nc2nccs2)nn1.